The van der Waals surface area contributed by atoms with Crippen molar-refractivity contribution in [1.29, 1.82) is 0 Å². The summed E-state index contributed by atoms with van der Waals surface area (Å²) in [6, 6.07) is 0.533. The lowest BCUT2D eigenvalue weighted by molar-refractivity contribution is 0.0827. The van der Waals surface area contributed by atoms with Gasteiger partial charge >= 0.3 is 0 Å². The van der Waals surface area contributed by atoms with Crippen LogP contribution in [0.5, 0.6) is 0 Å². The molecule has 0 aliphatic rings. The van der Waals surface area contributed by atoms with Crippen LogP contribution >= 0.6 is 0 Å². The Morgan fingerprint density at radius 1 is 0.722 bits per heavy atom. The van der Waals surface area contributed by atoms with E-state index in [2.05, 4.69) is 37.5 Å². The molecule has 0 rings (SSSR count). The first-order valence-electron chi connectivity index (χ1n) is 7.38. The molecule has 0 aliphatic heterocycles. The predicted molar refractivity (Wildman–Crippen MR) is 76.8 cm³/mol. The summed E-state index contributed by atoms with van der Waals surface area (Å²) < 4.78 is 0. The Labute approximate surface area is 113 Å². The molecule has 0 aromatic heterocycles. The maximum Gasteiger partial charge on any atom is 0.0586 e. The van der Waals surface area contributed by atoms with E-state index in [0.29, 0.717) is 0 Å². The lowest BCUT2D eigenvalue weighted by Crippen LogP contribution is -2.46. The molecule has 0 bridgehead atoms. The molecule has 110 valence electrons. The van der Waals surface area contributed by atoms with Crippen molar-refractivity contribution in [2.24, 2.45) is 0 Å². The molecule has 4 nitrogen and oxygen atoms in total. The van der Waals surface area contributed by atoms with E-state index in [1.165, 1.54) is 0 Å². The summed E-state index contributed by atoms with van der Waals surface area (Å²) in [7, 11) is 0. The average molecular weight is 260 g/mol. The van der Waals surface area contributed by atoms with Crippen LogP contribution in [0.4, 0.5) is 0 Å². The zero-order chi connectivity index (χ0) is 14.0. The van der Waals surface area contributed by atoms with Gasteiger partial charge in [-0.25, -0.2) is 0 Å². The number of aliphatic hydroxyl groups excluding tert-OH is 2. The Morgan fingerprint density at radius 3 is 1.22 bits per heavy atom. The first-order chi connectivity index (χ1) is 8.68. The molecule has 4 heteroatoms. The largest absolute Gasteiger partial charge is 0.395 e. The zero-order valence-corrected chi connectivity index (χ0v) is 12.6. The van der Waals surface area contributed by atoms with Crippen molar-refractivity contribution in [3.05, 3.63) is 0 Å². The highest BCUT2D eigenvalue weighted by atomic mass is 16.3. The van der Waals surface area contributed by atoms with Crippen LogP contribution in [0.25, 0.3) is 0 Å². The molecule has 0 amide bonds. The fraction of sp³-hybridized carbons (Fsp3) is 1.00. The molecule has 0 aromatic carbocycles. The van der Waals surface area contributed by atoms with E-state index in [1.807, 2.05) is 0 Å². The maximum absolute atomic E-state index is 9.36. The third kappa shape index (κ3) is 5.65. The molecular formula is C14H32N2O2. The molecule has 0 fully saturated rings. The van der Waals surface area contributed by atoms with Crippen LogP contribution in [0.15, 0.2) is 0 Å². The topological polar surface area (TPSA) is 46.9 Å². The van der Waals surface area contributed by atoms with Crippen molar-refractivity contribution in [2.75, 3.05) is 39.4 Å². The van der Waals surface area contributed by atoms with Crippen molar-refractivity contribution >= 4 is 0 Å². The van der Waals surface area contributed by atoms with E-state index in [4.69, 9.17) is 0 Å². The molecule has 0 heterocycles. The van der Waals surface area contributed by atoms with E-state index < -0.39 is 0 Å². The SMILES string of the molecule is CC[C@@H](CO)N(CC)CCN(CC)[C@@H](CC)CO. The number of hydrogen-bond acceptors (Lipinski definition) is 4. The van der Waals surface area contributed by atoms with Gasteiger partial charge in [0.2, 0.25) is 0 Å². The van der Waals surface area contributed by atoms with Crippen molar-refractivity contribution in [1.82, 2.24) is 9.80 Å². The highest BCUT2D eigenvalue weighted by Gasteiger charge is 2.18. The van der Waals surface area contributed by atoms with Gasteiger partial charge in [-0.1, -0.05) is 27.7 Å². The van der Waals surface area contributed by atoms with Crippen molar-refractivity contribution in [3.63, 3.8) is 0 Å². The van der Waals surface area contributed by atoms with Crippen LogP contribution < -0.4 is 0 Å². The van der Waals surface area contributed by atoms with Crippen LogP contribution in [0.2, 0.25) is 0 Å². The third-order valence-electron chi connectivity index (χ3n) is 3.88. The normalized spacial score (nSPS) is 15.3. The van der Waals surface area contributed by atoms with Crippen molar-refractivity contribution in [2.45, 2.75) is 52.6 Å². The average Bonchev–Trinajstić information content (AvgIpc) is 2.42. The summed E-state index contributed by atoms with van der Waals surface area (Å²) in [6.07, 6.45) is 1.96. The fourth-order valence-electron chi connectivity index (χ4n) is 2.46. The van der Waals surface area contributed by atoms with Crippen LogP contribution in [0, 0.1) is 0 Å². The molecule has 18 heavy (non-hydrogen) atoms. The second-order valence-electron chi connectivity index (χ2n) is 4.75. The summed E-state index contributed by atoms with van der Waals surface area (Å²) in [5.41, 5.74) is 0. The zero-order valence-electron chi connectivity index (χ0n) is 12.6. The number of hydrogen-bond donors (Lipinski definition) is 2. The van der Waals surface area contributed by atoms with E-state index in [1.54, 1.807) is 0 Å². The van der Waals surface area contributed by atoms with Gasteiger partial charge in [0.1, 0.15) is 0 Å². The maximum atomic E-state index is 9.36. The smallest absolute Gasteiger partial charge is 0.0586 e. The Balaban J connectivity index is 4.30. The lowest BCUT2D eigenvalue weighted by Gasteiger charge is -2.34. The lowest BCUT2D eigenvalue weighted by atomic mass is 10.2. The van der Waals surface area contributed by atoms with Gasteiger partial charge in [0.15, 0.2) is 0 Å². The van der Waals surface area contributed by atoms with Crippen LogP contribution in [-0.4, -0.2) is 71.5 Å². The van der Waals surface area contributed by atoms with Crippen LogP contribution in [-0.2, 0) is 0 Å². The minimum Gasteiger partial charge on any atom is -0.395 e. The second kappa shape index (κ2) is 10.7. The number of aliphatic hydroxyl groups is 2. The van der Waals surface area contributed by atoms with Gasteiger partial charge in [-0.3, -0.25) is 9.80 Å². The Hall–Kier alpha value is -0.160. The van der Waals surface area contributed by atoms with E-state index >= 15 is 0 Å². The van der Waals surface area contributed by atoms with Crippen molar-refractivity contribution in [3.8, 4) is 0 Å². The first kappa shape index (κ1) is 17.8. The molecule has 0 saturated carbocycles. The molecule has 0 radical (unpaired) electrons. The predicted octanol–water partition coefficient (Wildman–Crippen LogP) is 1.17. The van der Waals surface area contributed by atoms with Gasteiger partial charge in [0, 0.05) is 25.2 Å². The summed E-state index contributed by atoms with van der Waals surface area (Å²) in [5, 5.41) is 18.7. The van der Waals surface area contributed by atoms with Gasteiger partial charge in [0.05, 0.1) is 13.2 Å². The molecular weight excluding hydrogens is 228 g/mol. The van der Waals surface area contributed by atoms with E-state index in [9.17, 15) is 10.2 Å². The van der Waals surface area contributed by atoms with E-state index in [-0.39, 0.29) is 25.3 Å². The van der Waals surface area contributed by atoms with Gasteiger partial charge in [-0.2, -0.15) is 0 Å². The van der Waals surface area contributed by atoms with Gasteiger partial charge in [-0.05, 0) is 25.9 Å². The fourth-order valence-corrected chi connectivity index (χ4v) is 2.46. The third-order valence-corrected chi connectivity index (χ3v) is 3.88. The monoisotopic (exact) mass is 260 g/mol. The minimum absolute atomic E-state index is 0.230. The molecule has 2 atom stereocenters. The molecule has 0 saturated heterocycles. The quantitative estimate of drug-likeness (QED) is 0.585. The van der Waals surface area contributed by atoms with Gasteiger partial charge in [-0.15, -0.1) is 0 Å². The summed E-state index contributed by atoms with van der Waals surface area (Å²) in [4.78, 5) is 4.65. The Bertz CT molecular complexity index is 163. The minimum atomic E-state index is 0.230. The molecule has 0 aromatic rings. The highest BCUT2D eigenvalue weighted by Crippen LogP contribution is 2.07. The van der Waals surface area contributed by atoms with Crippen molar-refractivity contribution < 1.29 is 10.2 Å². The Morgan fingerprint density at radius 2 is 1.06 bits per heavy atom. The number of nitrogens with zero attached hydrogens (tertiary/aromatic N) is 2. The molecule has 2 N–H and O–H groups in total. The van der Waals surface area contributed by atoms with E-state index in [0.717, 1.165) is 39.0 Å². The van der Waals surface area contributed by atoms with Crippen LogP contribution in [0.3, 0.4) is 0 Å². The second-order valence-corrected chi connectivity index (χ2v) is 4.75. The molecule has 0 aliphatic carbocycles. The molecule has 0 spiro atoms. The summed E-state index contributed by atoms with van der Waals surface area (Å²) >= 11 is 0. The molecule has 0 unspecified atom stereocenters. The van der Waals surface area contributed by atoms with Crippen LogP contribution in [0.1, 0.15) is 40.5 Å². The number of likely N-dealkylation sites (N-methyl/N-ethyl adjacent to an activating group) is 2. The highest BCUT2D eigenvalue weighted by molar-refractivity contribution is 4.73. The van der Waals surface area contributed by atoms with Gasteiger partial charge < -0.3 is 10.2 Å². The standard InChI is InChI=1S/C14H32N2O2/c1-5-13(11-17)15(7-3)9-10-16(8-4)14(6-2)12-18/h13-14,17-18H,5-12H2,1-4H3/t13-,14-/m0/s1. The summed E-state index contributed by atoms with van der Waals surface area (Å²) in [5.74, 6) is 0. The Kier molecular flexibility index (Phi) is 10.6. The first-order valence-corrected chi connectivity index (χ1v) is 7.38. The number of rotatable bonds is 11. The van der Waals surface area contributed by atoms with Gasteiger partial charge in [0.25, 0.3) is 0 Å². The summed E-state index contributed by atoms with van der Waals surface area (Å²) in [6.45, 7) is 12.8.